The third-order valence-electron chi connectivity index (χ3n) is 5.12. The van der Waals surface area contributed by atoms with E-state index < -0.39 is 24.1 Å². The fourth-order valence-corrected chi connectivity index (χ4v) is 3.52. The van der Waals surface area contributed by atoms with Crippen LogP contribution in [0.3, 0.4) is 0 Å². The van der Waals surface area contributed by atoms with Gasteiger partial charge in [-0.3, -0.25) is 9.59 Å². The molecule has 1 heterocycles. The van der Waals surface area contributed by atoms with E-state index in [9.17, 15) is 20.0 Å². The van der Waals surface area contributed by atoms with Crippen LogP contribution in [0.5, 0.6) is 0 Å². The second-order valence-corrected chi connectivity index (χ2v) is 7.28. The fourth-order valence-electron chi connectivity index (χ4n) is 3.52. The van der Waals surface area contributed by atoms with Crippen molar-refractivity contribution >= 4 is 23.1 Å². The molecule has 1 aromatic carbocycles. The summed E-state index contributed by atoms with van der Waals surface area (Å²) in [4.78, 5) is 34.0. The van der Waals surface area contributed by atoms with Crippen molar-refractivity contribution in [2.45, 2.75) is 39.5 Å². The minimum atomic E-state index is -1.30. The van der Waals surface area contributed by atoms with Crippen LogP contribution in [0.15, 0.2) is 41.4 Å². The van der Waals surface area contributed by atoms with E-state index in [4.69, 9.17) is 13.1 Å². The van der Waals surface area contributed by atoms with Crippen LogP contribution in [-0.4, -0.2) is 41.5 Å². The summed E-state index contributed by atoms with van der Waals surface area (Å²) in [6.45, 7) is 20.1. The first kappa shape index (κ1) is 24.2. The maximum atomic E-state index is 13.1. The lowest BCUT2D eigenvalue weighted by Gasteiger charge is -2.25. The molecule has 0 bridgehead atoms. The molecule has 0 aliphatic carbocycles. The number of rotatable bonds is 10. The minimum Gasteiger partial charge on any atom is -0.480 e. The first-order chi connectivity index (χ1) is 15.4. The summed E-state index contributed by atoms with van der Waals surface area (Å²) >= 11 is 0. The Morgan fingerprint density at radius 2 is 1.75 bits per heavy atom. The number of carbonyl (C=O) groups is 2. The highest BCUT2D eigenvalue weighted by Crippen LogP contribution is 2.38. The summed E-state index contributed by atoms with van der Waals surface area (Å²) in [7, 11) is 0. The third-order valence-corrected chi connectivity index (χ3v) is 5.12. The van der Waals surface area contributed by atoms with Crippen LogP contribution >= 0.6 is 0 Å². The van der Waals surface area contributed by atoms with E-state index in [0.29, 0.717) is 5.56 Å². The molecule has 1 N–H and O–H groups in total. The number of aliphatic carboxylic acids is 1. The number of amides is 1. The highest BCUT2D eigenvalue weighted by molar-refractivity contribution is 6.25. The average Bonchev–Trinajstić information content (AvgIpc) is 3.06. The molecule has 0 fully saturated rings. The lowest BCUT2D eigenvalue weighted by molar-refractivity contribution is -0.141. The Morgan fingerprint density at radius 3 is 2.19 bits per heavy atom. The number of anilines is 1. The second kappa shape index (κ2) is 11.3. The van der Waals surface area contributed by atoms with E-state index >= 15 is 0 Å². The van der Waals surface area contributed by atoms with Crippen molar-refractivity contribution in [3.05, 3.63) is 69.8 Å². The molecule has 0 saturated heterocycles. The van der Waals surface area contributed by atoms with Crippen molar-refractivity contribution in [1.29, 1.82) is 5.26 Å². The zero-order chi connectivity index (χ0) is 23.7. The molecule has 0 aromatic heterocycles. The Bertz CT molecular complexity index is 1040. The van der Waals surface area contributed by atoms with E-state index in [1.165, 1.54) is 0 Å². The maximum Gasteiger partial charge on any atom is 0.323 e. The topological polar surface area (TPSA) is 93.4 Å². The molecule has 8 heteroatoms. The lowest BCUT2D eigenvalue weighted by atomic mass is 10.0. The number of unbranched alkanes of at least 4 members (excludes halogenated alkanes) is 2. The van der Waals surface area contributed by atoms with Gasteiger partial charge in [-0.05, 0) is 30.5 Å². The normalized spacial score (nSPS) is 14.6. The highest BCUT2D eigenvalue weighted by atomic mass is 16.4. The van der Waals surface area contributed by atoms with Crippen LogP contribution in [0.25, 0.3) is 15.3 Å². The van der Waals surface area contributed by atoms with E-state index in [2.05, 4.69) is 28.4 Å². The summed E-state index contributed by atoms with van der Waals surface area (Å²) < 4.78 is 0. The molecule has 0 radical (unpaired) electrons. The summed E-state index contributed by atoms with van der Waals surface area (Å²) in [6, 6.07) is 8.89. The van der Waals surface area contributed by atoms with Crippen molar-refractivity contribution in [2.24, 2.45) is 0 Å². The monoisotopic (exact) mass is 431 g/mol. The standard InChI is InChI=1S/C24H25N5O3/c1-5-7-13-28(14-8-6-2)18-11-9-17(10-12-18)21-22(27-4)23(19(15-25)26-3)29(24(21)32)16-20(30)31/h9-12H,5-8,13-14,16H2,1-2H3,(H,30,31)/b23-19+. The van der Waals surface area contributed by atoms with Crippen LogP contribution in [0, 0.1) is 24.5 Å². The number of nitrogens with zero attached hydrogens (tertiary/aromatic N) is 5. The molecule has 164 valence electrons. The van der Waals surface area contributed by atoms with Crippen LogP contribution in [0.2, 0.25) is 0 Å². The van der Waals surface area contributed by atoms with Crippen LogP contribution in [0.4, 0.5) is 5.69 Å². The molecular formula is C24H25N5O3. The first-order valence-corrected chi connectivity index (χ1v) is 10.5. The Morgan fingerprint density at radius 1 is 1.16 bits per heavy atom. The summed E-state index contributed by atoms with van der Waals surface area (Å²) in [6.07, 6.45) is 4.27. The largest absolute Gasteiger partial charge is 0.480 e. The van der Waals surface area contributed by atoms with Crippen molar-refractivity contribution in [1.82, 2.24) is 4.90 Å². The molecule has 0 atom stereocenters. The molecule has 1 aliphatic rings. The van der Waals surface area contributed by atoms with E-state index in [0.717, 1.165) is 49.4 Å². The van der Waals surface area contributed by atoms with Crippen molar-refractivity contribution in [2.75, 3.05) is 24.5 Å². The minimum absolute atomic E-state index is 0.00728. The number of benzene rings is 1. The lowest BCUT2D eigenvalue weighted by Crippen LogP contribution is -2.31. The molecule has 0 unspecified atom stereocenters. The molecule has 1 aromatic rings. The molecule has 32 heavy (non-hydrogen) atoms. The number of carbonyl (C=O) groups excluding carboxylic acids is 1. The zero-order valence-corrected chi connectivity index (χ0v) is 18.3. The molecule has 0 saturated carbocycles. The Labute approximate surface area is 188 Å². The fraction of sp³-hybridized carbons (Fsp3) is 0.375. The summed E-state index contributed by atoms with van der Waals surface area (Å²) in [5.41, 5.74) is 0.559. The van der Waals surface area contributed by atoms with Gasteiger partial charge in [0.2, 0.25) is 11.6 Å². The van der Waals surface area contributed by atoms with Crippen molar-refractivity contribution in [3.8, 4) is 6.07 Å². The average molecular weight is 431 g/mol. The van der Waals surface area contributed by atoms with Gasteiger partial charge in [0, 0.05) is 18.8 Å². The first-order valence-electron chi connectivity index (χ1n) is 10.5. The van der Waals surface area contributed by atoms with Crippen LogP contribution in [-0.2, 0) is 9.59 Å². The smallest absolute Gasteiger partial charge is 0.323 e. The third kappa shape index (κ3) is 5.14. The zero-order valence-electron chi connectivity index (χ0n) is 18.3. The number of allylic oxidation sites excluding steroid dienone is 1. The van der Waals surface area contributed by atoms with Crippen LogP contribution < -0.4 is 4.90 Å². The van der Waals surface area contributed by atoms with Gasteiger partial charge in [0.1, 0.15) is 6.54 Å². The highest BCUT2D eigenvalue weighted by Gasteiger charge is 2.39. The summed E-state index contributed by atoms with van der Waals surface area (Å²) in [5.74, 6) is -2.01. The number of hydrogen-bond acceptors (Lipinski definition) is 4. The number of carboxylic acid groups (broad SMARTS) is 1. The Hall–Kier alpha value is -4.09. The molecule has 0 spiro atoms. The van der Waals surface area contributed by atoms with Gasteiger partial charge in [-0.2, -0.15) is 0 Å². The maximum absolute atomic E-state index is 13.1. The van der Waals surface area contributed by atoms with Gasteiger partial charge < -0.3 is 14.9 Å². The van der Waals surface area contributed by atoms with E-state index in [-0.39, 0.29) is 17.0 Å². The van der Waals surface area contributed by atoms with Gasteiger partial charge in [-0.15, -0.1) is 0 Å². The predicted molar refractivity (Wildman–Crippen MR) is 121 cm³/mol. The van der Waals surface area contributed by atoms with Gasteiger partial charge in [0.15, 0.2) is 0 Å². The molecule has 1 aliphatic heterocycles. The number of nitriles is 1. The van der Waals surface area contributed by atoms with Crippen LogP contribution in [0.1, 0.15) is 45.1 Å². The second-order valence-electron chi connectivity index (χ2n) is 7.28. The van der Waals surface area contributed by atoms with Gasteiger partial charge in [0.25, 0.3) is 5.70 Å². The van der Waals surface area contributed by atoms with Gasteiger partial charge in [-0.1, -0.05) is 38.8 Å². The predicted octanol–water partition coefficient (Wildman–Crippen LogP) is 4.30. The molecule has 8 nitrogen and oxygen atoms in total. The number of hydrogen-bond donors (Lipinski definition) is 1. The quantitative estimate of drug-likeness (QED) is 0.440. The van der Waals surface area contributed by atoms with Gasteiger partial charge >= 0.3 is 5.97 Å². The SMILES string of the molecule is [C-]#[N+]C1=C(c2ccc(N(CCCC)CCCC)cc2)C(=O)N(CC(=O)O)/C1=C(\C#N)[N+]#[C-]. The molecular weight excluding hydrogens is 406 g/mol. The van der Waals surface area contributed by atoms with Crippen molar-refractivity contribution in [3.63, 3.8) is 0 Å². The number of carboxylic acids is 1. The van der Waals surface area contributed by atoms with Crippen molar-refractivity contribution < 1.29 is 14.7 Å². The van der Waals surface area contributed by atoms with E-state index in [1.54, 1.807) is 18.2 Å². The molecule has 1 amide bonds. The Balaban J connectivity index is 2.54. The Kier molecular flexibility index (Phi) is 8.57. The molecule has 2 rings (SSSR count). The van der Waals surface area contributed by atoms with E-state index in [1.807, 2.05) is 12.1 Å². The van der Waals surface area contributed by atoms with Gasteiger partial charge in [0.05, 0.1) is 30.5 Å². The van der Waals surface area contributed by atoms with Gasteiger partial charge in [-0.25, -0.2) is 15.0 Å². The summed E-state index contributed by atoms with van der Waals surface area (Å²) in [5, 5.41) is 18.5.